The molecule has 4 nitrogen and oxygen atoms in total. The number of carbonyl (C=O) groups is 1. The van der Waals surface area contributed by atoms with Crippen LogP contribution < -0.4 is 4.84 Å². The van der Waals surface area contributed by atoms with Crippen LogP contribution in [0.3, 0.4) is 0 Å². The van der Waals surface area contributed by atoms with Crippen LogP contribution in [0.2, 0.25) is 0 Å². The minimum atomic E-state index is -0.308. The van der Waals surface area contributed by atoms with E-state index in [0.29, 0.717) is 12.2 Å². The summed E-state index contributed by atoms with van der Waals surface area (Å²) in [4.78, 5) is 17.2. The van der Waals surface area contributed by atoms with Gasteiger partial charge in [0.15, 0.2) is 0 Å². The lowest BCUT2D eigenvalue weighted by Gasteiger charge is -2.05. The Morgan fingerprint density at radius 1 is 1.35 bits per heavy atom. The number of ether oxygens (including phenoxy) is 1. The second-order valence-corrected chi connectivity index (χ2v) is 3.67. The normalized spacial score (nSPS) is 10.5. The molecular formula is C13H15NO3. The molecule has 0 radical (unpaired) electrons. The zero-order valence-corrected chi connectivity index (χ0v) is 10.2. The molecule has 0 spiro atoms. The smallest absolute Gasteiger partial charge is 0.340 e. The fourth-order valence-electron chi connectivity index (χ4n) is 2.04. The number of esters is 1. The molecule has 2 rings (SSSR count). The molecule has 2 aromatic rings. The number of hydrogen-bond acceptors (Lipinski definition) is 3. The average Bonchev–Trinajstić information content (AvgIpc) is 2.61. The highest BCUT2D eigenvalue weighted by Gasteiger charge is 2.20. The van der Waals surface area contributed by atoms with Crippen LogP contribution in [-0.4, -0.2) is 24.4 Å². The molecule has 4 heteroatoms. The number of aromatic nitrogens is 1. The Morgan fingerprint density at radius 3 is 2.71 bits per heavy atom. The molecule has 0 unspecified atom stereocenters. The number of hydrogen-bond donors (Lipinski definition) is 0. The highest BCUT2D eigenvalue weighted by atomic mass is 16.6. The highest BCUT2D eigenvalue weighted by molar-refractivity contribution is 6.05. The molecule has 90 valence electrons. The van der Waals surface area contributed by atoms with Crippen molar-refractivity contribution in [2.75, 3.05) is 13.7 Å². The molecule has 0 saturated heterocycles. The van der Waals surface area contributed by atoms with Crippen molar-refractivity contribution >= 4 is 16.9 Å². The summed E-state index contributed by atoms with van der Waals surface area (Å²) in [6, 6.07) is 7.61. The second kappa shape index (κ2) is 4.49. The standard InChI is InChI=1S/C13H15NO3/c1-4-17-13(15)12-9(2)14(16-3)11-8-6-5-7-10(11)12/h5-8H,4H2,1-3H3. The Balaban J connectivity index is 2.70. The first kappa shape index (κ1) is 11.5. The van der Waals surface area contributed by atoms with E-state index in [4.69, 9.17) is 9.57 Å². The van der Waals surface area contributed by atoms with E-state index in [0.717, 1.165) is 16.6 Å². The molecule has 0 atom stereocenters. The van der Waals surface area contributed by atoms with E-state index in [9.17, 15) is 4.79 Å². The minimum Gasteiger partial charge on any atom is -0.462 e. The van der Waals surface area contributed by atoms with Gasteiger partial charge in [0.2, 0.25) is 0 Å². The minimum absolute atomic E-state index is 0.308. The maximum Gasteiger partial charge on any atom is 0.340 e. The molecule has 0 bridgehead atoms. The molecular weight excluding hydrogens is 218 g/mol. The summed E-state index contributed by atoms with van der Waals surface area (Å²) >= 11 is 0. The van der Waals surface area contributed by atoms with Crippen molar-refractivity contribution < 1.29 is 14.4 Å². The predicted molar refractivity (Wildman–Crippen MR) is 65.1 cm³/mol. The van der Waals surface area contributed by atoms with Gasteiger partial charge in [0.05, 0.1) is 23.4 Å². The summed E-state index contributed by atoms with van der Waals surface area (Å²) in [5.74, 6) is -0.308. The lowest BCUT2D eigenvalue weighted by molar-refractivity contribution is 0.0525. The maximum atomic E-state index is 11.9. The number of benzene rings is 1. The zero-order chi connectivity index (χ0) is 12.4. The lowest BCUT2D eigenvalue weighted by Crippen LogP contribution is -2.10. The van der Waals surface area contributed by atoms with Gasteiger partial charge in [-0.1, -0.05) is 18.2 Å². The first-order chi connectivity index (χ1) is 8.20. The SMILES string of the molecule is CCOC(=O)c1c(C)n(OC)c2ccccc12. The van der Waals surface area contributed by atoms with Crippen LogP contribution in [-0.2, 0) is 4.74 Å². The molecule has 1 aromatic carbocycles. The first-order valence-corrected chi connectivity index (χ1v) is 5.52. The Hall–Kier alpha value is -1.97. The van der Waals surface area contributed by atoms with Crippen LogP contribution >= 0.6 is 0 Å². The quantitative estimate of drug-likeness (QED) is 0.763. The van der Waals surface area contributed by atoms with Gasteiger partial charge in [0, 0.05) is 5.39 Å². The molecule has 1 aromatic heterocycles. The van der Waals surface area contributed by atoms with E-state index in [1.807, 2.05) is 31.2 Å². The molecule has 0 aliphatic carbocycles. The Labute approximate surface area is 99.7 Å². The third-order valence-corrected chi connectivity index (χ3v) is 2.72. The molecule has 0 amide bonds. The molecule has 0 fully saturated rings. The summed E-state index contributed by atoms with van der Waals surface area (Å²) in [6.07, 6.45) is 0. The predicted octanol–water partition coefficient (Wildman–Crippen LogP) is 2.18. The summed E-state index contributed by atoms with van der Waals surface area (Å²) in [7, 11) is 1.58. The van der Waals surface area contributed by atoms with Gasteiger partial charge >= 0.3 is 5.97 Å². The number of carbonyl (C=O) groups excluding carboxylic acids is 1. The van der Waals surface area contributed by atoms with E-state index >= 15 is 0 Å². The highest BCUT2D eigenvalue weighted by Crippen LogP contribution is 2.25. The van der Waals surface area contributed by atoms with Gasteiger partial charge in [-0.05, 0) is 19.9 Å². The van der Waals surface area contributed by atoms with Crippen molar-refractivity contribution in [2.24, 2.45) is 0 Å². The molecule has 0 aliphatic heterocycles. The van der Waals surface area contributed by atoms with Crippen LogP contribution in [0.4, 0.5) is 0 Å². The molecule has 0 aliphatic rings. The maximum absolute atomic E-state index is 11.9. The number of rotatable bonds is 3. The van der Waals surface area contributed by atoms with Crippen molar-refractivity contribution in [2.45, 2.75) is 13.8 Å². The molecule has 1 heterocycles. The van der Waals surface area contributed by atoms with Crippen molar-refractivity contribution in [3.05, 3.63) is 35.5 Å². The first-order valence-electron chi connectivity index (χ1n) is 5.52. The summed E-state index contributed by atoms with van der Waals surface area (Å²) in [5.41, 5.74) is 2.20. The Bertz CT molecular complexity index is 557. The number of para-hydroxylation sites is 1. The third kappa shape index (κ3) is 1.75. The van der Waals surface area contributed by atoms with Crippen molar-refractivity contribution in [3.63, 3.8) is 0 Å². The van der Waals surface area contributed by atoms with Crippen LogP contribution in [0.1, 0.15) is 23.0 Å². The van der Waals surface area contributed by atoms with Gasteiger partial charge in [-0.15, -0.1) is 0 Å². The van der Waals surface area contributed by atoms with E-state index < -0.39 is 0 Å². The Morgan fingerprint density at radius 2 is 2.06 bits per heavy atom. The van der Waals surface area contributed by atoms with E-state index in [2.05, 4.69) is 0 Å². The van der Waals surface area contributed by atoms with E-state index in [1.165, 1.54) is 0 Å². The number of nitrogens with zero attached hydrogens (tertiary/aromatic N) is 1. The number of fused-ring (bicyclic) bond motifs is 1. The zero-order valence-electron chi connectivity index (χ0n) is 10.2. The summed E-state index contributed by atoms with van der Waals surface area (Å²) < 4.78 is 6.71. The van der Waals surface area contributed by atoms with Gasteiger partial charge in [0.1, 0.15) is 7.11 Å². The topological polar surface area (TPSA) is 40.5 Å². The van der Waals surface area contributed by atoms with E-state index in [-0.39, 0.29) is 5.97 Å². The Kier molecular flexibility index (Phi) is 3.04. The fourth-order valence-corrected chi connectivity index (χ4v) is 2.04. The third-order valence-electron chi connectivity index (χ3n) is 2.72. The second-order valence-electron chi connectivity index (χ2n) is 3.67. The van der Waals surface area contributed by atoms with Crippen LogP contribution in [0, 0.1) is 6.92 Å². The van der Waals surface area contributed by atoms with Crippen LogP contribution in [0.25, 0.3) is 10.9 Å². The van der Waals surface area contributed by atoms with Crippen LogP contribution in [0.15, 0.2) is 24.3 Å². The van der Waals surface area contributed by atoms with Gasteiger partial charge < -0.3 is 9.57 Å². The lowest BCUT2D eigenvalue weighted by atomic mass is 10.1. The molecule has 17 heavy (non-hydrogen) atoms. The van der Waals surface area contributed by atoms with Gasteiger partial charge in [-0.3, -0.25) is 0 Å². The monoisotopic (exact) mass is 233 g/mol. The van der Waals surface area contributed by atoms with Crippen molar-refractivity contribution in [3.8, 4) is 0 Å². The largest absolute Gasteiger partial charge is 0.462 e. The van der Waals surface area contributed by atoms with Gasteiger partial charge in [0.25, 0.3) is 0 Å². The fraction of sp³-hybridized carbons (Fsp3) is 0.308. The average molecular weight is 233 g/mol. The van der Waals surface area contributed by atoms with Crippen LogP contribution in [0.5, 0.6) is 0 Å². The summed E-state index contributed by atoms with van der Waals surface area (Å²) in [5, 5.41) is 0.852. The van der Waals surface area contributed by atoms with Gasteiger partial charge in [-0.25, -0.2) is 4.79 Å². The van der Waals surface area contributed by atoms with Gasteiger partial charge in [-0.2, -0.15) is 4.73 Å². The summed E-state index contributed by atoms with van der Waals surface area (Å²) in [6.45, 7) is 4.00. The molecule has 0 saturated carbocycles. The molecule has 0 N–H and O–H groups in total. The van der Waals surface area contributed by atoms with E-state index in [1.54, 1.807) is 18.8 Å². The van der Waals surface area contributed by atoms with Crippen molar-refractivity contribution in [1.82, 2.24) is 4.73 Å². The van der Waals surface area contributed by atoms with Crippen molar-refractivity contribution in [1.29, 1.82) is 0 Å².